The van der Waals surface area contributed by atoms with Crippen molar-refractivity contribution in [3.8, 4) is 23.2 Å². The smallest absolute Gasteiger partial charge is 0.350 e. The van der Waals surface area contributed by atoms with Crippen molar-refractivity contribution in [1.29, 1.82) is 5.26 Å². The Kier molecular flexibility index (Phi) is 6.24. The average Bonchev–Trinajstić information content (AvgIpc) is 3.34. The lowest BCUT2D eigenvalue weighted by molar-refractivity contribution is 0.0608. The van der Waals surface area contributed by atoms with E-state index in [-0.39, 0.29) is 0 Å². The number of imidazole rings is 1. The molecule has 2 heterocycles. The number of carbonyl (C=O) groups is 1. The highest BCUT2D eigenvalue weighted by atomic mass is 32.1. The third kappa shape index (κ3) is 3.97. The van der Waals surface area contributed by atoms with Gasteiger partial charge in [-0.05, 0) is 36.1 Å². The molecule has 0 spiro atoms. The fourth-order valence-electron chi connectivity index (χ4n) is 3.67. The largest absolute Gasteiger partial charge is 0.465 e. The number of carbonyl (C=O) groups excluding carboxylic acids is 1. The summed E-state index contributed by atoms with van der Waals surface area (Å²) in [5.74, 6) is -0.395. The van der Waals surface area contributed by atoms with Gasteiger partial charge < -0.3 is 9.47 Å². The van der Waals surface area contributed by atoms with Crippen LogP contribution in [0.3, 0.4) is 0 Å². The lowest BCUT2D eigenvalue weighted by atomic mass is 9.98. The van der Waals surface area contributed by atoms with E-state index in [2.05, 4.69) is 11.1 Å². The van der Waals surface area contributed by atoms with Gasteiger partial charge in [-0.3, -0.25) is 4.57 Å². The Labute approximate surface area is 190 Å². The van der Waals surface area contributed by atoms with Gasteiger partial charge in [0.2, 0.25) is 0 Å². The molecule has 2 aromatic carbocycles. The second-order valence-corrected chi connectivity index (χ2v) is 8.59. The summed E-state index contributed by atoms with van der Waals surface area (Å²) in [6.45, 7) is 4.90. The van der Waals surface area contributed by atoms with Crippen molar-refractivity contribution >= 4 is 28.3 Å². The van der Waals surface area contributed by atoms with Crippen LogP contribution in [0.2, 0.25) is 0 Å². The summed E-state index contributed by atoms with van der Waals surface area (Å²) in [5.41, 5.74) is 4.84. The number of esters is 1. The van der Waals surface area contributed by atoms with Crippen LogP contribution < -0.4 is 4.74 Å². The van der Waals surface area contributed by atoms with Crippen LogP contribution in [0.25, 0.3) is 22.2 Å². The van der Waals surface area contributed by atoms with E-state index in [9.17, 15) is 10.1 Å². The first kappa shape index (κ1) is 21.6. The van der Waals surface area contributed by atoms with Crippen molar-refractivity contribution in [2.45, 2.75) is 26.8 Å². The van der Waals surface area contributed by atoms with Gasteiger partial charge in [0.15, 0.2) is 0 Å². The number of ether oxygens (including phenoxy) is 2. The molecule has 32 heavy (non-hydrogen) atoms. The molecule has 4 rings (SSSR count). The van der Waals surface area contributed by atoms with Gasteiger partial charge in [0.05, 0.1) is 37.4 Å². The molecule has 0 N–H and O–H groups in total. The molecule has 7 heteroatoms. The molecule has 2 aromatic heterocycles. The summed E-state index contributed by atoms with van der Waals surface area (Å²) in [4.78, 5) is 18.5. The Bertz CT molecular complexity index is 1320. The van der Waals surface area contributed by atoms with Crippen LogP contribution in [0, 0.1) is 18.3 Å². The monoisotopic (exact) mass is 445 g/mol. The van der Waals surface area contributed by atoms with Gasteiger partial charge in [-0.25, -0.2) is 4.79 Å². The van der Waals surface area contributed by atoms with Crippen molar-refractivity contribution in [2.24, 2.45) is 0 Å². The molecule has 0 unspecified atom stereocenters. The van der Waals surface area contributed by atoms with E-state index in [4.69, 9.17) is 9.47 Å². The number of rotatable bonds is 7. The number of aromatic nitrogens is 2. The summed E-state index contributed by atoms with van der Waals surface area (Å²) in [6.07, 6.45) is 0.840. The molecule has 0 saturated carbocycles. The number of nitrogens with zero attached hydrogens (tertiary/aromatic N) is 3. The maximum absolute atomic E-state index is 12.4. The Hall–Kier alpha value is -3.63. The highest BCUT2D eigenvalue weighted by Crippen LogP contribution is 2.35. The topological polar surface area (TPSA) is 77.1 Å². The molecular weight excluding hydrogens is 422 g/mol. The molecule has 6 nitrogen and oxygen atoms in total. The zero-order chi connectivity index (χ0) is 22.7. The molecule has 0 aliphatic heterocycles. The van der Waals surface area contributed by atoms with Crippen LogP contribution in [-0.2, 0) is 11.3 Å². The lowest BCUT2D eigenvalue weighted by Gasteiger charge is -2.12. The summed E-state index contributed by atoms with van der Waals surface area (Å²) in [6, 6.07) is 18.5. The minimum absolute atomic E-state index is 0.395. The molecule has 0 bridgehead atoms. The Balaban J connectivity index is 1.81. The summed E-state index contributed by atoms with van der Waals surface area (Å²) >= 11 is 1.37. The van der Waals surface area contributed by atoms with Crippen LogP contribution in [0.1, 0.15) is 39.0 Å². The molecule has 4 aromatic rings. The van der Waals surface area contributed by atoms with E-state index in [0.29, 0.717) is 35.1 Å². The van der Waals surface area contributed by atoms with E-state index in [1.807, 2.05) is 66.9 Å². The molecule has 0 saturated heterocycles. The number of benzene rings is 2. The molecule has 0 aliphatic rings. The summed E-state index contributed by atoms with van der Waals surface area (Å²) in [7, 11) is 1.37. The first-order chi connectivity index (χ1) is 15.6. The van der Waals surface area contributed by atoms with E-state index in [1.54, 1.807) is 0 Å². The minimum atomic E-state index is -0.395. The number of thiophene rings is 1. The number of aryl methyl sites for hydroxylation is 1. The molecule has 0 amide bonds. The van der Waals surface area contributed by atoms with Crippen molar-refractivity contribution < 1.29 is 14.3 Å². The molecule has 0 fully saturated rings. The first-order valence-electron chi connectivity index (χ1n) is 10.4. The SMILES string of the molecule is CCCOc1nc2c(C)sc(C(=O)OC)c2n1Cc1ccc(-c2ccccc2)c(C#N)c1. The van der Waals surface area contributed by atoms with Gasteiger partial charge in [0, 0.05) is 4.88 Å². The maximum Gasteiger partial charge on any atom is 0.350 e. The van der Waals surface area contributed by atoms with E-state index in [0.717, 1.165) is 33.5 Å². The van der Waals surface area contributed by atoms with Crippen molar-refractivity contribution in [1.82, 2.24) is 9.55 Å². The van der Waals surface area contributed by atoms with Gasteiger partial charge in [-0.15, -0.1) is 11.3 Å². The zero-order valence-corrected chi connectivity index (χ0v) is 19.0. The molecule has 162 valence electrons. The highest BCUT2D eigenvalue weighted by Gasteiger charge is 2.24. The van der Waals surface area contributed by atoms with Crippen LogP contribution in [-0.4, -0.2) is 29.2 Å². The van der Waals surface area contributed by atoms with Crippen molar-refractivity contribution in [3.05, 3.63) is 69.4 Å². The van der Waals surface area contributed by atoms with Crippen LogP contribution in [0.5, 0.6) is 6.01 Å². The number of hydrogen-bond acceptors (Lipinski definition) is 6. The molecule has 0 radical (unpaired) electrons. The van der Waals surface area contributed by atoms with Crippen molar-refractivity contribution in [3.63, 3.8) is 0 Å². The third-order valence-electron chi connectivity index (χ3n) is 5.17. The van der Waals surface area contributed by atoms with E-state index >= 15 is 0 Å². The van der Waals surface area contributed by atoms with Gasteiger partial charge in [0.1, 0.15) is 10.4 Å². The minimum Gasteiger partial charge on any atom is -0.465 e. The fraction of sp³-hybridized carbons (Fsp3) is 0.240. The molecule has 0 atom stereocenters. The fourth-order valence-corrected chi connectivity index (χ4v) is 4.69. The second-order valence-electron chi connectivity index (χ2n) is 7.36. The summed E-state index contributed by atoms with van der Waals surface area (Å²) in [5, 5.41) is 9.77. The molecule has 0 aliphatic carbocycles. The zero-order valence-electron chi connectivity index (χ0n) is 18.2. The van der Waals surface area contributed by atoms with Crippen molar-refractivity contribution in [2.75, 3.05) is 13.7 Å². The highest BCUT2D eigenvalue weighted by molar-refractivity contribution is 7.15. The predicted molar refractivity (Wildman–Crippen MR) is 125 cm³/mol. The predicted octanol–water partition coefficient (Wildman–Crippen LogP) is 5.57. The van der Waals surface area contributed by atoms with E-state index in [1.165, 1.54) is 18.4 Å². The van der Waals surface area contributed by atoms with Gasteiger partial charge in [0.25, 0.3) is 6.01 Å². The number of methoxy groups -OCH3 is 1. The quantitative estimate of drug-likeness (QED) is 0.348. The van der Waals surface area contributed by atoms with Gasteiger partial charge >= 0.3 is 5.97 Å². The first-order valence-corrected chi connectivity index (χ1v) is 11.2. The average molecular weight is 446 g/mol. The van der Waals surface area contributed by atoms with Crippen LogP contribution in [0.4, 0.5) is 0 Å². The standard InChI is InChI=1S/C25H23N3O3S/c1-4-12-31-25-27-21-16(2)32-23(24(29)30-3)22(21)28(25)15-17-10-11-20(19(13-17)14-26)18-8-6-5-7-9-18/h5-11,13H,4,12,15H2,1-3H3. The number of nitriles is 1. The van der Waals surface area contributed by atoms with Gasteiger partial charge in [-0.2, -0.15) is 10.2 Å². The number of hydrogen-bond donors (Lipinski definition) is 0. The summed E-state index contributed by atoms with van der Waals surface area (Å²) < 4.78 is 12.8. The molecular formula is C25H23N3O3S. The maximum atomic E-state index is 12.4. The second kappa shape index (κ2) is 9.25. The van der Waals surface area contributed by atoms with Crippen LogP contribution in [0.15, 0.2) is 48.5 Å². The van der Waals surface area contributed by atoms with Gasteiger partial charge in [-0.1, -0.05) is 49.4 Å². The Morgan fingerprint density at radius 1 is 1.22 bits per heavy atom. The van der Waals surface area contributed by atoms with E-state index < -0.39 is 5.97 Å². The third-order valence-corrected chi connectivity index (χ3v) is 6.24. The Morgan fingerprint density at radius 3 is 2.69 bits per heavy atom. The lowest BCUT2D eigenvalue weighted by Crippen LogP contribution is -2.08. The Morgan fingerprint density at radius 2 is 2.00 bits per heavy atom. The number of fused-ring (bicyclic) bond motifs is 1. The normalized spacial score (nSPS) is 10.8. The van der Waals surface area contributed by atoms with Crippen LogP contribution >= 0.6 is 11.3 Å².